The van der Waals surface area contributed by atoms with Gasteiger partial charge in [-0.25, -0.2) is 0 Å². The second kappa shape index (κ2) is 7.59. The predicted octanol–water partition coefficient (Wildman–Crippen LogP) is 1.80. The van der Waals surface area contributed by atoms with E-state index in [4.69, 9.17) is 0 Å². The molecule has 23 heavy (non-hydrogen) atoms. The van der Waals surface area contributed by atoms with Crippen molar-refractivity contribution in [1.82, 2.24) is 10.2 Å². The van der Waals surface area contributed by atoms with Gasteiger partial charge in [-0.05, 0) is 25.3 Å². The Balaban J connectivity index is 1.96. The summed E-state index contributed by atoms with van der Waals surface area (Å²) in [4.78, 5) is 25.8. The highest BCUT2D eigenvalue weighted by Gasteiger charge is 2.31. The third-order valence-corrected chi connectivity index (χ3v) is 4.35. The number of hydrogen-bond donors (Lipinski definition) is 2. The van der Waals surface area contributed by atoms with Gasteiger partial charge >= 0.3 is 0 Å². The Kier molecular flexibility index (Phi) is 5.77. The fourth-order valence-corrected chi connectivity index (χ4v) is 2.96. The summed E-state index contributed by atoms with van der Waals surface area (Å²) in [5.74, 6) is -0.0603. The van der Waals surface area contributed by atoms with Crippen LogP contribution in [-0.4, -0.2) is 41.0 Å². The van der Waals surface area contributed by atoms with Crippen LogP contribution >= 0.6 is 0 Å². The molecule has 1 fully saturated rings. The van der Waals surface area contributed by atoms with Gasteiger partial charge in [0.25, 0.3) is 0 Å². The van der Waals surface area contributed by atoms with Gasteiger partial charge in [0.15, 0.2) is 0 Å². The van der Waals surface area contributed by atoms with Crippen LogP contribution in [0.25, 0.3) is 0 Å². The molecule has 1 aliphatic rings. The smallest absolute Gasteiger partial charge is 0.225 e. The van der Waals surface area contributed by atoms with E-state index in [-0.39, 0.29) is 24.3 Å². The van der Waals surface area contributed by atoms with E-state index >= 15 is 0 Å². The zero-order valence-corrected chi connectivity index (χ0v) is 13.9. The van der Waals surface area contributed by atoms with E-state index in [2.05, 4.69) is 5.32 Å². The van der Waals surface area contributed by atoms with Gasteiger partial charge < -0.3 is 15.3 Å². The maximum atomic E-state index is 12.5. The number of carbonyl (C=O) groups excluding carboxylic acids is 2. The van der Waals surface area contributed by atoms with Crippen molar-refractivity contribution in [2.45, 2.75) is 51.2 Å². The molecule has 5 nitrogen and oxygen atoms in total. The molecule has 1 aromatic rings. The second-order valence-electron chi connectivity index (χ2n) is 6.42. The molecule has 0 radical (unpaired) electrons. The molecule has 2 rings (SSSR count). The standard InChI is InChI=1S/C18H26N2O3/c1-3-16(21)19-15-10-7-11-20(13-15)17(22)12-18(2,23)14-8-5-4-6-9-14/h4-6,8-9,15,23H,3,7,10-13H2,1-2H3,(H,19,21). The number of rotatable bonds is 5. The van der Waals surface area contributed by atoms with Gasteiger partial charge in [-0.3, -0.25) is 9.59 Å². The number of benzene rings is 1. The topological polar surface area (TPSA) is 69.6 Å². The molecule has 126 valence electrons. The van der Waals surface area contributed by atoms with Crippen molar-refractivity contribution in [3.8, 4) is 0 Å². The first-order valence-corrected chi connectivity index (χ1v) is 8.27. The lowest BCUT2D eigenvalue weighted by Gasteiger charge is -2.35. The van der Waals surface area contributed by atoms with Crippen LogP contribution in [0.4, 0.5) is 0 Å². The minimum Gasteiger partial charge on any atom is -0.385 e. The van der Waals surface area contributed by atoms with Gasteiger partial charge in [-0.15, -0.1) is 0 Å². The number of piperidine rings is 1. The molecule has 0 saturated carbocycles. The molecule has 0 aliphatic carbocycles. The summed E-state index contributed by atoms with van der Waals surface area (Å²) in [6.07, 6.45) is 2.26. The lowest BCUT2D eigenvalue weighted by atomic mass is 9.91. The normalized spacial score (nSPS) is 20.7. The molecular formula is C18H26N2O3. The first-order chi connectivity index (χ1) is 10.9. The molecule has 2 N–H and O–H groups in total. The van der Waals surface area contributed by atoms with Gasteiger partial charge in [0.2, 0.25) is 11.8 Å². The summed E-state index contributed by atoms with van der Waals surface area (Å²) in [5, 5.41) is 13.6. The first-order valence-electron chi connectivity index (χ1n) is 8.27. The Morgan fingerprint density at radius 2 is 2.04 bits per heavy atom. The number of amides is 2. The predicted molar refractivity (Wildman–Crippen MR) is 88.7 cm³/mol. The molecule has 5 heteroatoms. The van der Waals surface area contributed by atoms with Crippen molar-refractivity contribution in [2.24, 2.45) is 0 Å². The van der Waals surface area contributed by atoms with E-state index in [1.807, 2.05) is 37.3 Å². The van der Waals surface area contributed by atoms with Crippen molar-refractivity contribution in [3.63, 3.8) is 0 Å². The molecule has 2 atom stereocenters. The fourth-order valence-electron chi connectivity index (χ4n) is 2.96. The second-order valence-corrected chi connectivity index (χ2v) is 6.42. The Labute approximate surface area is 137 Å². The van der Waals surface area contributed by atoms with Crippen LogP contribution in [0.3, 0.4) is 0 Å². The van der Waals surface area contributed by atoms with Crippen molar-refractivity contribution in [3.05, 3.63) is 35.9 Å². The highest BCUT2D eigenvalue weighted by molar-refractivity contribution is 5.78. The number of nitrogens with zero attached hydrogens (tertiary/aromatic N) is 1. The quantitative estimate of drug-likeness (QED) is 0.870. The first kappa shape index (κ1) is 17.5. The SMILES string of the molecule is CCC(=O)NC1CCCN(C(=O)CC(C)(O)c2ccccc2)C1. The molecule has 1 saturated heterocycles. The summed E-state index contributed by atoms with van der Waals surface area (Å²) in [5.41, 5.74) is -0.445. The fraction of sp³-hybridized carbons (Fsp3) is 0.556. The van der Waals surface area contributed by atoms with Crippen LogP contribution in [0.2, 0.25) is 0 Å². The molecule has 1 heterocycles. The zero-order valence-electron chi connectivity index (χ0n) is 13.9. The molecule has 1 aliphatic heterocycles. The molecule has 2 unspecified atom stereocenters. The van der Waals surface area contributed by atoms with Crippen LogP contribution in [0.5, 0.6) is 0 Å². The lowest BCUT2D eigenvalue weighted by molar-refractivity contribution is -0.138. The number of aliphatic hydroxyl groups is 1. The monoisotopic (exact) mass is 318 g/mol. The van der Waals surface area contributed by atoms with Crippen LogP contribution in [0, 0.1) is 0 Å². The summed E-state index contributed by atoms with van der Waals surface area (Å²) < 4.78 is 0. The van der Waals surface area contributed by atoms with Crippen LogP contribution in [0.1, 0.15) is 45.1 Å². The number of likely N-dealkylation sites (tertiary alicyclic amines) is 1. The van der Waals surface area contributed by atoms with Gasteiger partial charge in [0, 0.05) is 25.6 Å². The summed E-state index contributed by atoms with van der Waals surface area (Å²) in [7, 11) is 0. The van der Waals surface area contributed by atoms with Crippen LogP contribution in [0.15, 0.2) is 30.3 Å². The van der Waals surface area contributed by atoms with E-state index in [1.54, 1.807) is 11.8 Å². The summed E-state index contributed by atoms with van der Waals surface area (Å²) in [6, 6.07) is 9.26. The highest BCUT2D eigenvalue weighted by Crippen LogP contribution is 2.25. The average Bonchev–Trinajstić information content (AvgIpc) is 2.55. The Morgan fingerprint density at radius 1 is 1.35 bits per heavy atom. The van der Waals surface area contributed by atoms with E-state index in [0.717, 1.165) is 18.4 Å². The van der Waals surface area contributed by atoms with E-state index < -0.39 is 5.60 Å². The molecule has 0 bridgehead atoms. The maximum absolute atomic E-state index is 12.5. The number of hydrogen-bond acceptors (Lipinski definition) is 3. The molecule has 2 amide bonds. The van der Waals surface area contributed by atoms with E-state index in [1.165, 1.54) is 0 Å². The van der Waals surface area contributed by atoms with E-state index in [0.29, 0.717) is 19.5 Å². The van der Waals surface area contributed by atoms with Gasteiger partial charge in [0.05, 0.1) is 12.0 Å². The average molecular weight is 318 g/mol. The van der Waals surface area contributed by atoms with Crippen LogP contribution in [-0.2, 0) is 15.2 Å². The Hall–Kier alpha value is -1.88. The molecular weight excluding hydrogens is 292 g/mol. The highest BCUT2D eigenvalue weighted by atomic mass is 16.3. The van der Waals surface area contributed by atoms with Crippen LogP contribution < -0.4 is 5.32 Å². The largest absolute Gasteiger partial charge is 0.385 e. The Bertz CT molecular complexity index is 542. The van der Waals surface area contributed by atoms with Crippen molar-refractivity contribution in [1.29, 1.82) is 0 Å². The van der Waals surface area contributed by atoms with E-state index in [9.17, 15) is 14.7 Å². The summed E-state index contributed by atoms with van der Waals surface area (Å²) >= 11 is 0. The third kappa shape index (κ3) is 4.79. The Morgan fingerprint density at radius 3 is 2.70 bits per heavy atom. The van der Waals surface area contributed by atoms with Crippen molar-refractivity contribution < 1.29 is 14.7 Å². The molecule has 0 aromatic heterocycles. The van der Waals surface area contributed by atoms with Crippen molar-refractivity contribution in [2.75, 3.05) is 13.1 Å². The molecule has 1 aromatic carbocycles. The number of carbonyl (C=O) groups is 2. The lowest BCUT2D eigenvalue weighted by Crippen LogP contribution is -2.50. The maximum Gasteiger partial charge on any atom is 0.225 e. The minimum atomic E-state index is -1.18. The van der Waals surface area contributed by atoms with Crippen molar-refractivity contribution >= 4 is 11.8 Å². The summed E-state index contributed by atoms with van der Waals surface area (Å²) in [6.45, 7) is 4.69. The third-order valence-electron chi connectivity index (χ3n) is 4.35. The van der Waals surface area contributed by atoms with Gasteiger partial charge in [-0.1, -0.05) is 37.3 Å². The van der Waals surface area contributed by atoms with Gasteiger partial charge in [0.1, 0.15) is 0 Å². The number of nitrogens with one attached hydrogen (secondary N) is 1. The minimum absolute atomic E-state index is 0.0144. The molecule has 0 spiro atoms. The zero-order chi connectivity index (χ0) is 16.9. The van der Waals surface area contributed by atoms with Gasteiger partial charge in [-0.2, -0.15) is 0 Å².